The van der Waals surface area contributed by atoms with E-state index in [1.54, 1.807) is 29.2 Å². The van der Waals surface area contributed by atoms with Crippen LogP contribution in [0.15, 0.2) is 56.6 Å². The largest absolute Gasteiger partial charge is 0.351 e. The van der Waals surface area contributed by atoms with Crippen molar-refractivity contribution in [2.45, 2.75) is 33.6 Å². The van der Waals surface area contributed by atoms with E-state index < -0.39 is 11.2 Å². The van der Waals surface area contributed by atoms with Crippen molar-refractivity contribution in [1.29, 1.82) is 0 Å². The van der Waals surface area contributed by atoms with Crippen molar-refractivity contribution >= 4 is 23.2 Å². The fourth-order valence-corrected chi connectivity index (χ4v) is 3.88. The summed E-state index contributed by atoms with van der Waals surface area (Å²) in [7, 11) is 1.34. The van der Waals surface area contributed by atoms with Crippen molar-refractivity contribution < 1.29 is 9.32 Å². The Balaban J connectivity index is 1.57. The molecule has 0 bridgehead atoms. The van der Waals surface area contributed by atoms with Crippen LogP contribution in [0, 0.1) is 13.8 Å². The number of carbonyl (C=O) groups is 1. The molecule has 0 aliphatic heterocycles. The van der Waals surface area contributed by atoms with Crippen LogP contribution in [0.4, 0.5) is 5.69 Å². The molecule has 0 fully saturated rings. The van der Waals surface area contributed by atoms with Gasteiger partial charge in [0.2, 0.25) is 17.6 Å². The fraction of sp³-hybridized carbons (Fsp3) is 0.280. The van der Waals surface area contributed by atoms with Crippen LogP contribution in [-0.4, -0.2) is 36.9 Å². The molecule has 11 heteroatoms. The minimum atomic E-state index is -0.666. The minimum Gasteiger partial charge on any atom is -0.339 e. The molecule has 0 spiro atoms. The molecule has 0 radical (unpaired) electrons. The van der Waals surface area contributed by atoms with Crippen LogP contribution >= 0.6 is 11.6 Å². The number of nitrogens with zero attached hydrogens (tertiary/aromatic N) is 6. The van der Waals surface area contributed by atoms with Gasteiger partial charge in [0.1, 0.15) is 0 Å². The minimum absolute atomic E-state index is 0.0670. The molecule has 0 unspecified atom stereocenters. The monoisotopic (exact) mass is 508 g/mol. The van der Waals surface area contributed by atoms with E-state index in [0.717, 1.165) is 26.1 Å². The molecule has 186 valence electrons. The second-order valence-electron chi connectivity index (χ2n) is 8.32. The van der Waals surface area contributed by atoms with Crippen LogP contribution in [0.3, 0.4) is 0 Å². The van der Waals surface area contributed by atoms with Gasteiger partial charge in [-0.3, -0.25) is 14.2 Å². The van der Waals surface area contributed by atoms with E-state index in [0.29, 0.717) is 17.3 Å². The summed E-state index contributed by atoms with van der Waals surface area (Å²) in [6, 6.07) is 12.4. The first-order valence-corrected chi connectivity index (χ1v) is 11.7. The molecule has 36 heavy (non-hydrogen) atoms. The third kappa shape index (κ3) is 4.99. The molecule has 1 amide bonds. The van der Waals surface area contributed by atoms with Gasteiger partial charge in [0, 0.05) is 37.1 Å². The first-order chi connectivity index (χ1) is 17.2. The number of hydrogen-bond acceptors (Lipinski definition) is 7. The highest BCUT2D eigenvalue weighted by Crippen LogP contribution is 2.23. The van der Waals surface area contributed by atoms with Crippen LogP contribution in [-0.2, 0) is 18.3 Å². The van der Waals surface area contributed by atoms with Crippen molar-refractivity contribution in [3.63, 3.8) is 0 Å². The highest BCUT2D eigenvalue weighted by atomic mass is 35.5. The number of hydrogen-bond donors (Lipinski definition) is 0. The normalized spacial score (nSPS) is 11.0. The Morgan fingerprint density at radius 2 is 1.83 bits per heavy atom. The van der Waals surface area contributed by atoms with E-state index in [4.69, 9.17) is 16.1 Å². The number of aromatic nitrogens is 5. The summed E-state index contributed by atoms with van der Waals surface area (Å²) in [6.45, 7) is 6.38. The number of benzene rings is 2. The zero-order valence-corrected chi connectivity index (χ0v) is 21.1. The lowest BCUT2D eigenvalue weighted by molar-refractivity contribution is -0.118. The maximum Gasteiger partial charge on any atom is 0.351 e. The smallest absolute Gasteiger partial charge is 0.339 e. The van der Waals surface area contributed by atoms with E-state index in [9.17, 15) is 14.4 Å². The van der Waals surface area contributed by atoms with Crippen LogP contribution in [0.1, 0.15) is 30.4 Å². The second-order valence-corrected chi connectivity index (χ2v) is 8.76. The molecule has 0 saturated heterocycles. The zero-order chi connectivity index (χ0) is 26.0. The zero-order valence-electron chi connectivity index (χ0n) is 20.4. The molecule has 0 aliphatic rings. The average Bonchev–Trinajstić information content (AvgIpc) is 3.33. The lowest BCUT2D eigenvalue weighted by Crippen LogP contribution is -2.40. The van der Waals surface area contributed by atoms with E-state index in [2.05, 4.69) is 15.2 Å². The summed E-state index contributed by atoms with van der Waals surface area (Å²) in [5.74, 6) is 0.0300. The molecule has 0 saturated carbocycles. The van der Waals surface area contributed by atoms with E-state index in [-0.39, 0.29) is 36.2 Å². The van der Waals surface area contributed by atoms with Gasteiger partial charge < -0.3 is 9.42 Å². The van der Waals surface area contributed by atoms with Crippen LogP contribution < -0.4 is 16.1 Å². The van der Waals surface area contributed by atoms with Crippen LogP contribution in [0.25, 0.3) is 17.2 Å². The molecular weight excluding hydrogens is 484 g/mol. The highest BCUT2D eigenvalue weighted by molar-refractivity contribution is 6.30. The lowest BCUT2D eigenvalue weighted by Gasteiger charge is -2.23. The summed E-state index contributed by atoms with van der Waals surface area (Å²) in [5.41, 5.74) is 1.91. The summed E-state index contributed by atoms with van der Waals surface area (Å²) < 4.78 is 7.27. The lowest BCUT2D eigenvalue weighted by atomic mass is 10.1. The van der Waals surface area contributed by atoms with Gasteiger partial charge in [0.15, 0.2) is 5.69 Å². The van der Waals surface area contributed by atoms with Crippen molar-refractivity contribution in [3.8, 4) is 17.2 Å². The van der Waals surface area contributed by atoms with Gasteiger partial charge in [-0.25, -0.2) is 4.79 Å². The quantitative estimate of drug-likeness (QED) is 0.376. The Bertz CT molecular complexity index is 1540. The predicted molar refractivity (Wildman–Crippen MR) is 136 cm³/mol. The predicted octanol–water partition coefficient (Wildman–Crippen LogP) is 3.24. The average molecular weight is 509 g/mol. The molecule has 2 aromatic carbocycles. The van der Waals surface area contributed by atoms with Gasteiger partial charge in [-0.1, -0.05) is 28.9 Å². The van der Waals surface area contributed by atoms with Crippen molar-refractivity contribution in [2.24, 2.45) is 7.05 Å². The Morgan fingerprint density at radius 3 is 2.53 bits per heavy atom. The second kappa shape index (κ2) is 10.3. The topological polar surface area (TPSA) is 116 Å². The summed E-state index contributed by atoms with van der Waals surface area (Å²) >= 11 is 5.93. The summed E-state index contributed by atoms with van der Waals surface area (Å²) in [4.78, 5) is 44.3. The number of anilines is 1. The van der Waals surface area contributed by atoms with E-state index in [1.807, 2.05) is 39.0 Å². The molecule has 0 N–H and O–H groups in total. The molecule has 0 atom stereocenters. The molecule has 2 aromatic heterocycles. The number of halogens is 1. The van der Waals surface area contributed by atoms with Crippen molar-refractivity contribution in [3.05, 3.63) is 85.3 Å². The van der Waals surface area contributed by atoms with Gasteiger partial charge in [-0.05, 0) is 62.2 Å². The Hall–Kier alpha value is -4.05. The molecule has 2 heterocycles. The van der Waals surface area contributed by atoms with Gasteiger partial charge in [0.25, 0.3) is 5.56 Å². The molecule has 4 aromatic rings. The third-order valence-electron chi connectivity index (χ3n) is 5.75. The number of amides is 1. The fourth-order valence-electron chi connectivity index (χ4n) is 3.76. The van der Waals surface area contributed by atoms with Gasteiger partial charge in [-0.15, -0.1) is 0 Å². The maximum atomic E-state index is 13.0. The SMILES string of the molecule is CCN(C(=O)CCc1nc(-c2nn(-c3ccc(Cl)cc3)c(=O)n(C)c2=O)no1)c1cc(C)ccc1C. The summed E-state index contributed by atoms with van der Waals surface area (Å²) in [5, 5.41) is 8.54. The van der Waals surface area contributed by atoms with Crippen LogP contribution in [0.5, 0.6) is 0 Å². The standard InChI is InChI=1S/C25H25ClN6O4/c1-5-31(19-14-15(2)6-7-16(19)3)21(33)13-12-20-27-23(29-36-20)22-24(34)30(4)25(35)32(28-22)18-10-8-17(26)9-11-18/h6-11,14H,5,12-13H2,1-4H3. The van der Waals surface area contributed by atoms with Crippen LogP contribution in [0.2, 0.25) is 5.02 Å². The number of carbonyl (C=O) groups excluding carboxylic acids is 1. The first-order valence-electron chi connectivity index (χ1n) is 11.4. The molecule has 0 aliphatic carbocycles. The van der Waals surface area contributed by atoms with Gasteiger partial charge in [0.05, 0.1) is 5.69 Å². The van der Waals surface area contributed by atoms with Gasteiger partial charge >= 0.3 is 5.69 Å². The maximum absolute atomic E-state index is 13.0. The molecule has 10 nitrogen and oxygen atoms in total. The van der Waals surface area contributed by atoms with Gasteiger partial charge in [-0.2, -0.15) is 14.8 Å². The van der Waals surface area contributed by atoms with Crippen molar-refractivity contribution in [2.75, 3.05) is 11.4 Å². The van der Waals surface area contributed by atoms with Crippen molar-refractivity contribution in [1.82, 2.24) is 24.5 Å². The van der Waals surface area contributed by atoms with E-state index >= 15 is 0 Å². The Morgan fingerprint density at radius 1 is 1.11 bits per heavy atom. The third-order valence-corrected chi connectivity index (χ3v) is 6.00. The van der Waals surface area contributed by atoms with E-state index in [1.165, 1.54) is 7.05 Å². The number of aryl methyl sites for hydroxylation is 3. The Kier molecular flexibility index (Phi) is 7.16. The first kappa shape index (κ1) is 25.1. The molecular formula is C25H25ClN6O4. The Labute approximate surface area is 211 Å². The number of rotatable bonds is 7. The summed E-state index contributed by atoms with van der Waals surface area (Å²) in [6.07, 6.45) is 0.322. The molecule has 4 rings (SSSR count). The highest BCUT2D eigenvalue weighted by Gasteiger charge is 2.21.